The molecule has 4 rings (SSSR count). The Labute approximate surface area is 147 Å². The largest absolute Gasteiger partial charge is 0.306 e. The number of benzene rings is 2. The van der Waals surface area contributed by atoms with Crippen molar-refractivity contribution in [2.75, 3.05) is 20.1 Å². The Balaban J connectivity index is 1.65. The van der Waals surface area contributed by atoms with E-state index in [1.165, 1.54) is 36.1 Å². The second kappa shape index (κ2) is 6.45. The van der Waals surface area contributed by atoms with Crippen LogP contribution in [0.25, 0.3) is 22.0 Å². The van der Waals surface area contributed by atoms with Gasteiger partial charge in [0.2, 0.25) is 0 Å². The van der Waals surface area contributed by atoms with E-state index in [4.69, 9.17) is 0 Å². The number of hydrogen-bond donors (Lipinski definition) is 0. The Hall–Kier alpha value is -2.46. The standard InChI is InChI=1S/C21H23N3O/c1-23-11-9-17(10-12-23)15-3-5-16(6-4-15)18-7-8-20-19(13-18)21(25)24(2)14-22-20/h3-8,13-14,17H,9-12H2,1-2H3. The molecule has 0 atom stereocenters. The molecule has 0 spiro atoms. The van der Waals surface area contributed by atoms with Crippen LogP contribution < -0.4 is 5.56 Å². The van der Waals surface area contributed by atoms with Gasteiger partial charge in [-0.15, -0.1) is 0 Å². The fraction of sp³-hybridized carbons (Fsp3) is 0.333. The van der Waals surface area contributed by atoms with Crippen molar-refractivity contribution in [3.8, 4) is 11.1 Å². The summed E-state index contributed by atoms with van der Waals surface area (Å²) in [5, 5.41) is 0.668. The van der Waals surface area contributed by atoms with E-state index < -0.39 is 0 Å². The Morgan fingerprint density at radius 2 is 1.64 bits per heavy atom. The molecular weight excluding hydrogens is 310 g/mol. The molecule has 1 aliphatic heterocycles. The van der Waals surface area contributed by atoms with Gasteiger partial charge < -0.3 is 9.47 Å². The van der Waals surface area contributed by atoms with Gasteiger partial charge in [0.15, 0.2) is 0 Å². The van der Waals surface area contributed by atoms with Crippen LogP contribution in [0.4, 0.5) is 0 Å². The lowest BCUT2D eigenvalue weighted by atomic mass is 9.88. The molecule has 0 unspecified atom stereocenters. The van der Waals surface area contributed by atoms with Crippen molar-refractivity contribution in [2.24, 2.45) is 7.05 Å². The average molecular weight is 333 g/mol. The van der Waals surface area contributed by atoms with E-state index in [9.17, 15) is 4.79 Å². The second-order valence-corrected chi connectivity index (χ2v) is 7.09. The van der Waals surface area contributed by atoms with Gasteiger partial charge in [0.25, 0.3) is 5.56 Å². The van der Waals surface area contributed by atoms with Crippen LogP contribution in [0, 0.1) is 0 Å². The first-order chi connectivity index (χ1) is 12.1. The average Bonchev–Trinajstić information content (AvgIpc) is 2.65. The molecule has 128 valence electrons. The van der Waals surface area contributed by atoms with E-state index in [-0.39, 0.29) is 5.56 Å². The molecule has 0 aliphatic carbocycles. The van der Waals surface area contributed by atoms with Crippen molar-refractivity contribution in [1.82, 2.24) is 14.5 Å². The molecule has 2 heterocycles. The Kier molecular flexibility index (Phi) is 4.14. The smallest absolute Gasteiger partial charge is 0.260 e. The van der Waals surface area contributed by atoms with E-state index in [0.717, 1.165) is 16.6 Å². The number of aromatic nitrogens is 2. The van der Waals surface area contributed by atoms with Crippen LogP contribution in [-0.4, -0.2) is 34.6 Å². The van der Waals surface area contributed by atoms with Crippen LogP contribution in [0.5, 0.6) is 0 Å². The third-order valence-electron chi connectivity index (χ3n) is 5.35. The number of piperidine rings is 1. The van der Waals surface area contributed by atoms with Crippen molar-refractivity contribution in [3.05, 3.63) is 64.7 Å². The summed E-state index contributed by atoms with van der Waals surface area (Å²) in [7, 11) is 3.93. The predicted octanol–water partition coefficient (Wildman–Crippen LogP) is 3.41. The van der Waals surface area contributed by atoms with Crippen LogP contribution in [0.15, 0.2) is 53.6 Å². The van der Waals surface area contributed by atoms with Crippen molar-refractivity contribution in [3.63, 3.8) is 0 Å². The summed E-state index contributed by atoms with van der Waals surface area (Å²) in [6.45, 7) is 2.35. The molecule has 1 saturated heterocycles. The van der Waals surface area contributed by atoms with Crippen molar-refractivity contribution in [1.29, 1.82) is 0 Å². The lowest BCUT2D eigenvalue weighted by Gasteiger charge is -2.29. The van der Waals surface area contributed by atoms with Crippen LogP contribution in [0.2, 0.25) is 0 Å². The van der Waals surface area contributed by atoms with E-state index in [2.05, 4.69) is 41.2 Å². The first-order valence-electron chi connectivity index (χ1n) is 8.86. The van der Waals surface area contributed by atoms with E-state index >= 15 is 0 Å². The van der Waals surface area contributed by atoms with E-state index in [0.29, 0.717) is 11.3 Å². The molecule has 3 aromatic rings. The molecule has 4 nitrogen and oxygen atoms in total. The van der Waals surface area contributed by atoms with Gasteiger partial charge >= 0.3 is 0 Å². The van der Waals surface area contributed by atoms with Gasteiger partial charge in [0, 0.05) is 7.05 Å². The number of rotatable bonds is 2. The molecule has 0 bridgehead atoms. The maximum absolute atomic E-state index is 12.3. The molecule has 4 heteroatoms. The molecule has 0 radical (unpaired) electrons. The van der Waals surface area contributed by atoms with Gasteiger partial charge in [-0.2, -0.15) is 0 Å². The summed E-state index contributed by atoms with van der Waals surface area (Å²) >= 11 is 0. The van der Waals surface area contributed by atoms with Crippen molar-refractivity contribution < 1.29 is 0 Å². The van der Waals surface area contributed by atoms with Gasteiger partial charge in [-0.05, 0) is 67.7 Å². The maximum atomic E-state index is 12.3. The number of fused-ring (bicyclic) bond motifs is 1. The fourth-order valence-corrected chi connectivity index (χ4v) is 3.68. The summed E-state index contributed by atoms with van der Waals surface area (Å²) in [6.07, 6.45) is 4.03. The van der Waals surface area contributed by atoms with Gasteiger partial charge in [-0.25, -0.2) is 4.98 Å². The van der Waals surface area contributed by atoms with E-state index in [1.807, 2.05) is 18.2 Å². The first kappa shape index (κ1) is 16.0. The molecule has 1 fully saturated rings. The van der Waals surface area contributed by atoms with Crippen LogP contribution in [0.1, 0.15) is 24.3 Å². The SMILES string of the molecule is CN1CCC(c2ccc(-c3ccc4ncn(C)c(=O)c4c3)cc2)CC1. The second-order valence-electron chi connectivity index (χ2n) is 7.09. The highest BCUT2D eigenvalue weighted by Crippen LogP contribution is 2.30. The van der Waals surface area contributed by atoms with Gasteiger partial charge in [0.05, 0.1) is 17.2 Å². The molecule has 2 aromatic carbocycles. The summed E-state index contributed by atoms with van der Waals surface area (Å²) in [5.41, 5.74) is 4.37. The highest BCUT2D eigenvalue weighted by Gasteiger charge is 2.18. The normalized spacial score (nSPS) is 16.4. The fourth-order valence-electron chi connectivity index (χ4n) is 3.68. The van der Waals surface area contributed by atoms with Crippen molar-refractivity contribution >= 4 is 10.9 Å². The van der Waals surface area contributed by atoms with Gasteiger partial charge in [-0.1, -0.05) is 30.3 Å². The molecule has 0 amide bonds. The number of hydrogen-bond acceptors (Lipinski definition) is 3. The minimum absolute atomic E-state index is 0.00482. The maximum Gasteiger partial charge on any atom is 0.260 e. The molecule has 25 heavy (non-hydrogen) atoms. The Morgan fingerprint density at radius 1 is 0.960 bits per heavy atom. The highest BCUT2D eigenvalue weighted by molar-refractivity contribution is 5.83. The third-order valence-corrected chi connectivity index (χ3v) is 5.35. The zero-order valence-electron chi connectivity index (χ0n) is 14.8. The zero-order valence-corrected chi connectivity index (χ0v) is 14.8. The predicted molar refractivity (Wildman–Crippen MR) is 102 cm³/mol. The number of likely N-dealkylation sites (tertiary alicyclic amines) is 1. The van der Waals surface area contributed by atoms with Gasteiger partial charge in [-0.3, -0.25) is 4.79 Å². The van der Waals surface area contributed by atoms with Crippen LogP contribution in [0.3, 0.4) is 0 Å². The molecule has 1 aliphatic rings. The Morgan fingerprint density at radius 3 is 2.36 bits per heavy atom. The molecule has 0 saturated carbocycles. The quantitative estimate of drug-likeness (QED) is 0.721. The monoisotopic (exact) mass is 333 g/mol. The minimum atomic E-state index is -0.00482. The van der Waals surface area contributed by atoms with Crippen molar-refractivity contribution in [2.45, 2.75) is 18.8 Å². The summed E-state index contributed by atoms with van der Waals surface area (Å²) in [5.74, 6) is 0.665. The highest BCUT2D eigenvalue weighted by atomic mass is 16.1. The summed E-state index contributed by atoms with van der Waals surface area (Å²) in [4.78, 5) is 19.0. The first-order valence-corrected chi connectivity index (χ1v) is 8.86. The lowest BCUT2D eigenvalue weighted by Crippen LogP contribution is -2.29. The molecule has 0 N–H and O–H groups in total. The molecular formula is C21H23N3O. The van der Waals surface area contributed by atoms with E-state index in [1.54, 1.807) is 13.4 Å². The summed E-state index contributed by atoms with van der Waals surface area (Å²) < 4.78 is 1.52. The van der Waals surface area contributed by atoms with Crippen LogP contribution in [-0.2, 0) is 7.05 Å². The minimum Gasteiger partial charge on any atom is -0.306 e. The lowest BCUT2D eigenvalue weighted by molar-refractivity contribution is 0.255. The van der Waals surface area contributed by atoms with Gasteiger partial charge in [0.1, 0.15) is 0 Å². The topological polar surface area (TPSA) is 38.1 Å². The molecule has 1 aromatic heterocycles. The summed E-state index contributed by atoms with van der Waals surface area (Å²) in [6, 6.07) is 14.8. The Bertz CT molecular complexity index is 951. The number of aryl methyl sites for hydroxylation is 1. The number of nitrogens with zero attached hydrogens (tertiary/aromatic N) is 3. The van der Waals surface area contributed by atoms with Crippen LogP contribution >= 0.6 is 0 Å². The third kappa shape index (κ3) is 3.10. The zero-order chi connectivity index (χ0) is 17.4.